The van der Waals surface area contributed by atoms with Gasteiger partial charge in [0, 0.05) is 15.2 Å². The average Bonchev–Trinajstić information content (AvgIpc) is 2.93. The molecule has 1 amide bonds. The van der Waals surface area contributed by atoms with Crippen molar-refractivity contribution >= 4 is 5.91 Å². The maximum absolute atomic E-state index is 12.5. The molecule has 2 aromatic rings. The zero-order valence-corrected chi connectivity index (χ0v) is 12.1. The van der Waals surface area contributed by atoms with Gasteiger partial charge in [-0.15, -0.1) is 0 Å². The maximum Gasteiger partial charge on any atom is 0.270 e. The van der Waals surface area contributed by atoms with Crippen molar-refractivity contribution in [1.82, 2.24) is 4.90 Å². The molecule has 0 unspecified atom stereocenters. The summed E-state index contributed by atoms with van der Waals surface area (Å²) in [5.74, 6) is -0.229. The number of carbonyl (C=O) groups is 1. The highest BCUT2D eigenvalue weighted by molar-refractivity contribution is 5.87. The first kappa shape index (κ1) is 14.2. The Kier molecular flexibility index (Phi) is 3.83. The topological polar surface area (TPSA) is 40.4 Å². The van der Waals surface area contributed by atoms with Gasteiger partial charge in [-0.2, -0.15) is 0 Å². The number of hydrogen-bond donors (Lipinski definition) is 0. The van der Waals surface area contributed by atoms with Gasteiger partial charge < -0.3 is 0 Å². The number of benzene rings is 2. The fraction of sp³-hybridized carbons (Fsp3) is 0.167. The number of nitrogens with zero attached hydrogens (tertiary/aromatic N) is 2. The third kappa shape index (κ3) is 2.44. The van der Waals surface area contributed by atoms with E-state index in [-0.39, 0.29) is 18.6 Å². The van der Waals surface area contributed by atoms with Gasteiger partial charge in [0.25, 0.3) is 18.6 Å². The third-order valence-corrected chi connectivity index (χ3v) is 3.98. The fourth-order valence-electron chi connectivity index (χ4n) is 2.99. The quantitative estimate of drug-likeness (QED) is 0.644. The molecule has 4 heteroatoms. The molecule has 2 aromatic carbocycles. The minimum atomic E-state index is -0.410. The minimum absolute atomic E-state index is 0.0456. The first-order valence-electron chi connectivity index (χ1n) is 7.19. The molecule has 3 rings (SSSR count). The Hall–Kier alpha value is -2.75. The molecule has 0 spiro atoms. The normalized spacial score (nSPS) is 20.9. The highest BCUT2D eigenvalue weighted by Gasteiger charge is 2.50. The second kappa shape index (κ2) is 5.93. The molecule has 0 N–H and O–H groups in total. The van der Waals surface area contributed by atoms with Crippen molar-refractivity contribution in [2.45, 2.75) is 12.1 Å². The molecule has 0 saturated carbocycles. The van der Waals surface area contributed by atoms with Crippen LogP contribution in [0.4, 0.5) is 0 Å². The highest BCUT2D eigenvalue weighted by atomic mass is 16.3. The molecule has 4 nitrogen and oxygen atoms in total. The second-order valence-electron chi connectivity index (χ2n) is 5.28. The monoisotopic (exact) mass is 293 g/mol. The summed E-state index contributed by atoms with van der Waals surface area (Å²) in [6, 6.07) is 18.5. The van der Waals surface area contributed by atoms with Crippen LogP contribution >= 0.6 is 0 Å². The van der Waals surface area contributed by atoms with Crippen LogP contribution < -0.4 is 0 Å². The summed E-state index contributed by atoms with van der Waals surface area (Å²) < 4.78 is 0.967. The van der Waals surface area contributed by atoms with Crippen molar-refractivity contribution in [2.24, 2.45) is 0 Å². The van der Waals surface area contributed by atoms with Crippen LogP contribution in [0.15, 0.2) is 73.3 Å². The van der Waals surface area contributed by atoms with Gasteiger partial charge in [-0.3, -0.25) is 9.69 Å². The third-order valence-electron chi connectivity index (χ3n) is 3.98. The number of rotatable bonds is 3. The molecule has 0 bridgehead atoms. The molecule has 0 aliphatic carbocycles. The van der Waals surface area contributed by atoms with Crippen LogP contribution in [0.25, 0.3) is 0 Å². The second-order valence-corrected chi connectivity index (χ2v) is 5.28. The van der Waals surface area contributed by atoms with Crippen LogP contribution in [-0.4, -0.2) is 22.2 Å². The van der Waals surface area contributed by atoms with E-state index in [2.05, 4.69) is 6.58 Å². The number of nitroso groups, excluding NO2 is 1. The summed E-state index contributed by atoms with van der Waals surface area (Å²) >= 11 is 0. The zero-order chi connectivity index (χ0) is 15.5. The van der Waals surface area contributed by atoms with Crippen LogP contribution in [-0.2, 0) is 4.79 Å². The molecule has 1 heterocycles. The summed E-state index contributed by atoms with van der Waals surface area (Å²) in [6.07, 6.45) is 1.26. The highest BCUT2D eigenvalue weighted by Crippen LogP contribution is 2.41. The Bertz CT molecular complexity index is 698. The molecule has 110 valence electrons. The van der Waals surface area contributed by atoms with E-state index in [9.17, 15) is 9.70 Å². The predicted molar refractivity (Wildman–Crippen MR) is 83.9 cm³/mol. The largest absolute Gasteiger partial charge is 0.270 e. The van der Waals surface area contributed by atoms with E-state index in [1.807, 2.05) is 60.7 Å². The Morgan fingerprint density at radius 3 is 2.14 bits per heavy atom. The average molecular weight is 293 g/mol. The lowest BCUT2D eigenvalue weighted by Crippen LogP contribution is -2.30. The standard InChI is InChI=1S/C18H17N2O2/c1-2-16(21)19-13-20(22)18(15-11-7-4-8-12-15)17(19)14-9-5-3-6-10-14/h2-12,17-18H,1,13H2/q+1/t17-,18-/m0/s1. The number of carbonyl (C=O) groups excluding carboxylic acids is 1. The van der Waals surface area contributed by atoms with E-state index in [1.54, 1.807) is 4.90 Å². The summed E-state index contributed by atoms with van der Waals surface area (Å²) in [5.41, 5.74) is 1.86. The van der Waals surface area contributed by atoms with Gasteiger partial charge in [0.15, 0.2) is 0 Å². The Labute approximate surface area is 129 Å². The predicted octanol–water partition coefficient (Wildman–Crippen LogP) is 3.23. The van der Waals surface area contributed by atoms with Gasteiger partial charge in [0.1, 0.15) is 6.04 Å². The van der Waals surface area contributed by atoms with Gasteiger partial charge in [-0.25, -0.2) is 0 Å². The molecule has 22 heavy (non-hydrogen) atoms. The van der Waals surface area contributed by atoms with Gasteiger partial charge in [-0.1, -0.05) is 67.2 Å². The van der Waals surface area contributed by atoms with Crippen molar-refractivity contribution in [3.05, 3.63) is 89.4 Å². The molecular formula is C18H17N2O2+. The van der Waals surface area contributed by atoms with Gasteiger partial charge in [0.2, 0.25) is 0 Å². The molecule has 1 saturated heterocycles. The van der Waals surface area contributed by atoms with Crippen LogP contribution in [0.2, 0.25) is 0 Å². The van der Waals surface area contributed by atoms with Gasteiger partial charge >= 0.3 is 0 Å². The molecule has 0 radical (unpaired) electrons. The Morgan fingerprint density at radius 1 is 1.05 bits per heavy atom. The van der Waals surface area contributed by atoms with Crippen molar-refractivity contribution in [1.29, 1.82) is 0 Å². The molecule has 1 fully saturated rings. The van der Waals surface area contributed by atoms with Crippen LogP contribution in [0, 0.1) is 4.91 Å². The van der Waals surface area contributed by atoms with E-state index >= 15 is 0 Å². The van der Waals surface area contributed by atoms with E-state index < -0.39 is 6.04 Å². The molecule has 2 atom stereocenters. The van der Waals surface area contributed by atoms with Crippen LogP contribution in [0.5, 0.6) is 0 Å². The minimum Gasteiger partial charge on any atom is -0.270 e. The van der Waals surface area contributed by atoms with Gasteiger partial charge in [-0.05, 0) is 11.6 Å². The summed E-state index contributed by atoms with van der Waals surface area (Å²) in [4.78, 5) is 26.2. The van der Waals surface area contributed by atoms with Crippen LogP contribution in [0.3, 0.4) is 0 Å². The summed E-state index contributed by atoms with van der Waals surface area (Å²) in [7, 11) is 0. The maximum atomic E-state index is 12.5. The number of amides is 1. The van der Waals surface area contributed by atoms with Crippen molar-refractivity contribution in [3.63, 3.8) is 0 Å². The van der Waals surface area contributed by atoms with Crippen molar-refractivity contribution in [2.75, 3.05) is 6.67 Å². The Morgan fingerprint density at radius 2 is 1.59 bits per heavy atom. The van der Waals surface area contributed by atoms with Gasteiger partial charge in [0.05, 0.1) is 0 Å². The summed E-state index contributed by atoms with van der Waals surface area (Å²) in [5, 5.41) is 0. The van der Waals surface area contributed by atoms with Crippen molar-refractivity contribution < 1.29 is 9.55 Å². The first-order chi connectivity index (χ1) is 10.7. The lowest BCUT2D eigenvalue weighted by atomic mass is 9.94. The molecule has 1 aliphatic heterocycles. The van der Waals surface area contributed by atoms with E-state index in [4.69, 9.17) is 0 Å². The van der Waals surface area contributed by atoms with E-state index in [1.165, 1.54) is 6.08 Å². The smallest absolute Gasteiger partial charge is 0.270 e. The van der Waals surface area contributed by atoms with E-state index in [0.29, 0.717) is 0 Å². The van der Waals surface area contributed by atoms with E-state index in [0.717, 1.165) is 15.9 Å². The first-order valence-corrected chi connectivity index (χ1v) is 7.19. The van der Waals surface area contributed by atoms with Crippen molar-refractivity contribution in [3.8, 4) is 0 Å². The Balaban J connectivity index is 2.09. The molecule has 1 aliphatic rings. The summed E-state index contributed by atoms with van der Waals surface area (Å²) in [6.45, 7) is 3.59. The lowest BCUT2D eigenvalue weighted by Gasteiger charge is -2.21. The number of hydrogen-bond acceptors (Lipinski definition) is 2. The zero-order valence-electron chi connectivity index (χ0n) is 12.1. The lowest BCUT2D eigenvalue weighted by molar-refractivity contribution is -0.577. The molecular weight excluding hydrogens is 276 g/mol. The SMILES string of the molecule is C=CC(=O)N1C[N+](=O)[C@@H](c2ccccc2)[C@@H]1c1ccccc1. The van der Waals surface area contributed by atoms with Crippen LogP contribution in [0.1, 0.15) is 23.2 Å². The fourth-order valence-corrected chi connectivity index (χ4v) is 2.99. The molecule has 0 aromatic heterocycles.